The average molecular weight is 393 g/mol. The molecule has 5 rings (SSSR count). The van der Waals surface area contributed by atoms with E-state index < -0.39 is 0 Å². The molecule has 29 heavy (non-hydrogen) atoms. The molecule has 2 aliphatic rings. The van der Waals surface area contributed by atoms with Gasteiger partial charge in [-0.15, -0.1) is 0 Å². The average Bonchev–Trinajstić information content (AvgIpc) is 3.19. The first kappa shape index (κ1) is 17.5. The summed E-state index contributed by atoms with van der Waals surface area (Å²) in [6, 6.07) is 7.72. The highest BCUT2D eigenvalue weighted by molar-refractivity contribution is 5.99. The lowest BCUT2D eigenvalue weighted by atomic mass is 10.1. The van der Waals surface area contributed by atoms with Gasteiger partial charge in [0.25, 0.3) is 11.5 Å². The predicted molar refractivity (Wildman–Crippen MR) is 105 cm³/mol. The lowest BCUT2D eigenvalue weighted by Crippen LogP contribution is -2.31. The summed E-state index contributed by atoms with van der Waals surface area (Å²) in [6.45, 7) is 0.586. The molecule has 1 unspecified atom stereocenters. The predicted octanol–water partition coefficient (Wildman–Crippen LogP) is 2.40. The van der Waals surface area contributed by atoms with E-state index in [-0.39, 0.29) is 34.2 Å². The van der Waals surface area contributed by atoms with Gasteiger partial charge in [0.05, 0.1) is 36.9 Å². The van der Waals surface area contributed by atoms with Crippen molar-refractivity contribution in [1.29, 1.82) is 0 Å². The van der Waals surface area contributed by atoms with Crippen LogP contribution in [0, 0.1) is 0 Å². The fourth-order valence-corrected chi connectivity index (χ4v) is 4.28. The minimum absolute atomic E-state index is 0.130. The minimum Gasteiger partial charge on any atom is -0.506 e. The van der Waals surface area contributed by atoms with Gasteiger partial charge in [-0.25, -0.2) is 4.98 Å². The highest BCUT2D eigenvalue weighted by atomic mass is 16.5. The van der Waals surface area contributed by atoms with Gasteiger partial charge in [-0.1, -0.05) is 0 Å². The molecule has 3 aromatic rings. The van der Waals surface area contributed by atoms with E-state index in [0.29, 0.717) is 41.5 Å². The molecule has 1 saturated heterocycles. The van der Waals surface area contributed by atoms with Crippen LogP contribution in [0.15, 0.2) is 35.1 Å². The quantitative estimate of drug-likeness (QED) is 0.719. The molecule has 0 bridgehead atoms. The summed E-state index contributed by atoms with van der Waals surface area (Å²) >= 11 is 0. The summed E-state index contributed by atoms with van der Waals surface area (Å²) in [5.74, 6) is 1.07. The fraction of sp³-hybridized carbons (Fsp3) is 0.286. The van der Waals surface area contributed by atoms with E-state index in [1.54, 1.807) is 29.2 Å². The number of rotatable bonds is 2. The Labute approximate surface area is 165 Å². The first-order valence-electron chi connectivity index (χ1n) is 9.36. The second-order valence-corrected chi connectivity index (χ2v) is 7.19. The fourth-order valence-electron chi connectivity index (χ4n) is 4.28. The number of benzene rings is 2. The zero-order valence-corrected chi connectivity index (χ0v) is 16.0. The monoisotopic (exact) mass is 393 g/mol. The summed E-state index contributed by atoms with van der Waals surface area (Å²) in [4.78, 5) is 33.2. The molecule has 3 heterocycles. The molecule has 2 aliphatic heterocycles. The van der Waals surface area contributed by atoms with Crippen molar-refractivity contribution in [2.45, 2.75) is 18.9 Å². The van der Waals surface area contributed by atoms with Crippen LogP contribution in [-0.2, 0) is 0 Å². The van der Waals surface area contributed by atoms with Gasteiger partial charge in [0.1, 0.15) is 28.6 Å². The third-order valence-electron chi connectivity index (χ3n) is 5.67. The minimum atomic E-state index is -0.354. The van der Waals surface area contributed by atoms with Crippen molar-refractivity contribution in [2.75, 3.05) is 20.8 Å². The molecule has 1 atom stereocenters. The molecular weight excluding hydrogens is 374 g/mol. The third kappa shape index (κ3) is 2.41. The van der Waals surface area contributed by atoms with E-state index >= 15 is 0 Å². The molecule has 0 spiro atoms. The van der Waals surface area contributed by atoms with E-state index in [2.05, 4.69) is 4.98 Å². The molecule has 2 aromatic carbocycles. The van der Waals surface area contributed by atoms with Gasteiger partial charge in [-0.05, 0) is 37.1 Å². The van der Waals surface area contributed by atoms with Gasteiger partial charge in [-0.3, -0.25) is 14.2 Å². The maximum atomic E-state index is 13.6. The number of ether oxygens (including phenoxy) is 2. The second kappa shape index (κ2) is 6.23. The van der Waals surface area contributed by atoms with E-state index in [1.165, 1.54) is 24.9 Å². The van der Waals surface area contributed by atoms with Gasteiger partial charge >= 0.3 is 0 Å². The van der Waals surface area contributed by atoms with Crippen molar-refractivity contribution in [3.05, 3.63) is 52.1 Å². The lowest BCUT2D eigenvalue weighted by molar-refractivity contribution is 0.0735. The highest BCUT2D eigenvalue weighted by Crippen LogP contribution is 2.39. The van der Waals surface area contributed by atoms with Gasteiger partial charge < -0.3 is 19.5 Å². The van der Waals surface area contributed by atoms with Gasteiger partial charge in [0.2, 0.25) is 0 Å². The van der Waals surface area contributed by atoms with E-state index in [9.17, 15) is 14.7 Å². The standard InChI is InChI=1S/C21H19N3O5/c1-28-11-5-6-15-13(8-11)20(26)23-7-3-4-16(23)19-22-18-14(21(27)24(15)19)9-12(29-2)10-17(18)25/h5-6,8-10,16,25H,3-4,7H2,1-2H3. The van der Waals surface area contributed by atoms with Gasteiger partial charge in [0, 0.05) is 12.6 Å². The number of carbonyl (C=O) groups excluding carboxylic acids is 1. The molecule has 1 amide bonds. The van der Waals surface area contributed by atoms with Crippen LogP contribution in [0.1, 0.15) is 35.1 Å². The summed E-state index contributed by atoms with van der Waals surface area (Å²) in [5.41, 5.74) is 0.706. The molecule has 1 fully saturated rings. The number of phenolic OH excluding ortho intramolecular Hbond substituents is 1. The Kier molecular flexibility index (Phi) is 3.77. The first-order valence-corrected chi connectivity index (χ1v) is 9.36. The Bertz CT molecular complexity index is 1230. The molecule has 148 valence electrons. The molecule has 8 nitrogen and oxygen atoms in total. The lowest BCUT2D eigenvalue weighted by Gasteiger charge is -2.22. The number of phenols is 1. The molecule has 1 N–H and O–H groups in total. The van der Waals surface area contributed by atoms with Gasteiger partial charge in [-0.2, -0.15) is 0 Å². The van der Waals surface area contributed by atoms with E-state index in [0.717, 1.165) is 6.42 Å². The Morgan fingerprint density at radius 3 is 2.66 bits per heavy atom. The largest absolute Gasteiger partial charge is 0.506 e. The zero-order valence-electron chi connectivity index (χ0n) is 16.0. The maximum absolute atomic E-state index is 13.6. The SMILES string of the molecule is COc1ccc2c(c1)C(=O)N1CCCC1c1nc3c(O)cc(OC)cc3c(=O)n1-2. The van der Waals surface area contributed by atoms with Crippen LogP contribution < -0.4 is 15.0 Å². The maximum Gasteiger partial charge on any atom is 0.266 e. The number of carbonyl (C=O) groups is 1. The molecular formula is C21H19N3O5. The Balaban J connectivity index is 1.92. The Morgan fingerprint density at radius 2 is 1.90 bits per heavy atom. The molecule has 0 radical (unpaired) electrons. The Morgan fingerprint density at radius 1 is 1.10 bits per heavy atom. The Hall–Kier alpha value is -3.55. The van der Waals surface area contributed by atoms with Crippen LogP contribution in [0.3, 0.4) is 0 Å². The summed E-state index contributed by atoms with van der Waals surface area (Å²) in [5, 5.41) is 10.7. The number of nitrogens with zero attached hydrogens (tertiary/aromatic N) is 3. The number of fused-ring (bicyclic) bond motifs is 6. The third-order valence-corrected chi connectivity index (χ3v) is 5.67. The van der Waals surface area contributed by atoms with Crippen LogP contribution in [-0.4, -0.2) is 46.2 Å². The van der Waals surface area contributed by atoms with E-state index in [4.69, 9.17) is 9.47 Å². The van der Waals surface area contributed by atoms with E-state index in [1.807, 2.05) is 0 Å². The van der Waals surface area contributed by atoms with Crippen LogP contribution >= 0.6 is 0 Å². The van der Waals surface area contributed by atoms with Gasteiger partial charge in [0.15, 0.2) is 0 Å². The van der Waals surface area contributed by atoms with Crippen molar-refractivity contribution in [1.82, 2.24) is 14.5 Å². The van der Waals surface area contributed by atoms with Crippen molar-refractivity contribution in [3.8, 4) is 22.9 Å². The summed E-state index contributed by atoms with van der Waals surface area (Å²) in [6.07, 6.45) is 1.52. The molecule has 0 aliphatic carbocycles. The zero-order chi connectivity index (χ0) is 20.3. The normalized spacial score (nSPS) is 17.5. The van der Waals surface area contributed by atoms with Crippen molar-refractivity contribution >= 4 is 16.8 Å². The van der Waals surface area contributed by atoms with Crippen LogP contribution in [0.5, 0.6) is 17.2 Å². The number of hydrogen-bond donors (Lipinski definition) is 1. The topological polar surface area (TPSA) is 93.9 Å². The number of aromatic hydroxyl groups is 1. The van der Waals surface area contributed by atoms with Crippen LogP contribution in [0.25, 0.3) is 16.6 Å². The second-order valence-electron chi connectivity index (χ2n) is 7.19. The molecule has 1 aromatic heterocycles. The number of amides is 1. The number of hydrogen-bond acceptors (Lipinski definition) is 6. The van der Waals surface area contributed by atoms with Crippen molar-refractivity contribution < 1.29 is 19.4 Å². The number of aromatic nitrogens is 2. The number of methoxy groups -OCH3 is 2. The van der Waals surface area contributed by atoms with Crippen LogP contribution in [0.4, 0.5) is 0 Å². The summed E-state index contributed by atoms with van der Waals surface area (Å²) < 4.78 is 12.0. The highest BCUT2D eigenvalue weighted by Gasteiger charge is 2.39. The van der Waals surface area contributed by atoms with Crippen LogP contribution in [0.2, 0.25) is 0 Å². The molecule has 8 heteroatoms. The summed E-state index contributed by atoms with van der Waals surface area (Å²) in [7, 11) is 3.00. The molecule has 0 saturated carbocycles. The van der Waals surface area contributed by atoms with Crippen molar-refractivity contribution in [2.24, 2.45) is 0 Å². The van der Waals surface area contributed by atoms with Crippen molar-refractivity contribution in [3.63, 3.8) is 0 Å². The first-order chi connectivity index (χ1) is 14.0. The smallest absolute Gasteiger partial charge is 0.266 e.